The lowest BCUT2D eigenvalue weighted by Crippen LogP contribution is -2.44. The van der Waals surface area contributed by atoms with E-state index in [9.17, 15) is 4.79 Å². The van der Waals surface area contributed by atoms with E-state index in [1.807, 2.05) is 69.4 Å². The molecule has 0 saturated carbocycles. The minimum Gasteiger partial charge on any atom is -0.489 e. The molecule has 198 valence electrons. The van der Waals surface area contributed by atoms with E-state index in [1.165, 1.54) is 0 Å². The summed E-state index contributed by atoms with van der Waals surface area (Å²) in [5, 5.41) is 5.84. The van der Waals surface area contributed by atoms with Crippen molar-refractivity contribution < 1.29 is 14.3 Å². The van der Waals surface area contributed by atoms with E-state index in [2.05, 4.69) is 21.0 Å². The first-order valence-electron chi connectivity index (χ1n) is 13.1. The highest BCUT2D eigenvalue weighted by molar-refractivity contribution is 5.94. The number of ether oxygens (including phenoxy) is 2. The average molecular weight is 523 g/mol. The molecule has 9 nitrogen and oxygen atoms in total. The van der Waals surface area contributed by atoms with Crippen LogP contribution in [0, 0.1) is 0 Å². The molecule has 0 unspecified atom stereocenters. The highest BCUT2D eigenvalue weighted by Crippen LogP contribution is 2.28. The number of fused-ring (bicyclic) bond motifs is 2. The molecule has 0 radical (unpaired) electrons. The van der Waals surface area contributed by atoms with Crippen LogP contribution in [-0.4, -0.2) is 60.4 Å². The average Bonchev–Trinajstić information content (AvgIpc) is 3.36. The highest BCUT2D eigenvalue weighted by Gasteiger charge is 2.27. The number of pyridine rings is 2. The van der Waals surface area contributed by atoms with Crippen LogP contribution in [0.1, 0.15) is 33.6 Å². The van der Waals surface area contributed by atoms with Crippen LogP contribution >= 0.6 is 0 Å². The number of likely N-dealkylation sites (tertiary alicyclic amines) is 1. The van der Waals surface area contributed by atoms with Crippen LogP contribution in [0.3, 0.4) is 0 Å². The van der Waals surface area contributed by atoms with E-state index < -0.39 is 5.60 Å². The Morgan fingerprint density at radius 1 is 0.949 bits per heavy atom. The zero-order valence-corrected chi connectivity index (χ0v) is 22.2. The Morgan fingerprint density at radius 3 is 2.56 bits per heavy atom. The van der Waals surface area contributed by atoms with Gasteiger partial charge >= 0.3 is 6.09 Å². The summed E-state index contributed by atoms with van der Waals surface area (Å²) in [5.41, 5.74) is 4.69. The Kier molecular flexibility index (Phi) is 6.34. The van der Waals surface area contributed by atoms with Gasteiger partial charge in [-0.1, -0.05) is 18.2 Å². The van der Waals surface area contributed by atoms with Gasteiger partial charge in [0.2, 0.25) is 0 Å². The second kappa shape index (κ2) is 9.98. The molecule has 39 heavy (non-hydrogen) atoms. The summed E-state index contributed by atoms with van der Waals surface area (Å²) in [4.78, 5) is 27.7. The maximum Gasteiger partial charge on any atom is 0.410 e. The molecule has 1 aliphatic rings. The van der Waals surface area contributed by atoms with Crippen LogP contribution in [0.15, 0.2) is 73.3 Å². The van der Waals surface area contributed by atoms with Gasteiger partial charge in [-0.2, -0.15) is 5.10 Å². The Bertz CT molecular complexity index is 1630. The van der Waals surface area contributed by atoms with Gasteiger partial charge in [-0.05, 0) is 45.0 Å². The molecule has 6 rings (SSSR count). The molecule has 1 saturated heterocycles. The van der Waals surface area contributed by atoms with Crippen LogP contribution < -0.4 is 4.74 Å². The van der Waals surface area contributed by atoms with Crippen molar-refractivity contribution in [2.45, 2.75) is 45.3 Å². The van der Waals surface area contributed by atoms with E-state index in [0.717, 1.165) is 51.9 Å². The summed E-state index contributed by atoms with van der Waals surface area (Å²) >= 11 is 0. The smallest absolute Gasteiger partial charge is 0.410 e. The third kappa shape index (κ3) is 5.38. The SMILES string of the molecule is CC(C)(C)OC(=O)N1CCC(Oc2ccc(-c3cnc4cc(-c5cccc6ncccc56)nn4c3)nc2)CC1. The minimum atomic E-state index is -0.494. The largest absolute Gasteiger partial charge is 0.489 e. The van der Waals surface area contributed by atoms with Crippen molar-refractivity contribution in [2.75, 3.05) is 13.1 Å². The molecule has 1 aromatic carbocycles. The fourth-order valence-electron chi connectivity index (χ4n) is 4.76. The molecule has 9 heteroatoms. The van der Waals surface area contributed by atoms with Crippen molar-refractivity contribution >= 4 is 22.6 Å². The maximum atomic E-state index is 12.3. The summed E-state index contributed by atoms with van der Waals surface area (Å²) in [6.45, 7) is 6.85. The second-order valence-corrected chi connectivity index (χ2v) is 10.7. The number of hydrogen-bond donors (Lipinski definition) is 0. The number of carbonyl (C=O) groups excluding carboxylic acids is 1. The molecular formula is C30H30N6O3. The molecule has 0 spiro atoms. The van der Waals surface area contributed by atoms with Gasteiger partial charge in [0.1, 0.15) is 17.5 Å². The standard InChI is InChI=1S/C30H30N6O3/c1-30(2,3)39-29(37)35-14-11-21(12-15-35)38-22-9-10-25(32-18-22)20-17-33-28-16-27(34-36(28)19-20)24-6-4-8-26-23(24)7-5-13-31-26/h4-10,13,16-19,21H,11-12,14-15H2,1-3H3. The van der Waals surface area contributed by atoms with Crippen LogP contribution in [0.5, 0.6) is 5.75 Å². The van der Waals surface area contributed by atoms with Crippen molar-refractivity contribution in [1.82, 2.24) is 29.5 Å². The molecule has 5 heterocycles. The van der Waals surface area contributed by atoms with E-state index in [-0.39, 0.29) is 12.2 Å². The number of hydrogen-bond acceptors (Lipinski definition) is 7. The quantitative estimate of drug-likeness (QED) is 0.295. The second-order valence-electron chi connectivity index (χ2n) is 10.7. The van der Waals surface area contributed by atoms with Crippen molar-refractivity contribution in [3.05, 3.63) is 73.3 Å². The van der Waals surface area contributed by atoms with Crippen molar-refractivity contribution in [3.8, 4) is 28.3 Å². The lowest BCUT2D eigenvalue weighted by Gasteiger charge is -2.33. The number of piperidine rings is 1. The number of benzene rings is 1. The molecule has 1 fully saturated rings. The lowest BCUT2D eigenvalue weighted by atomic mass is 10.1. The summed E-state index contributed by atoms with van der Waals surface area (Å²) in [6.07, 6.45) is 8.52. The molecule has 0 aliphatic carbocycles. The van der Waals surface area contributed by atoms with E-state index in [4.69, 9.17) is 14.6 Å². The van der Waals surface area contributed by atoms with Gasteiger partial charge in [0.25, 0.3) is 0 Å². The molecule has 4 aromatic heterocycles. The number of rotatable bonds is 4. The van der Waals surface area contributed by atoms with Gasteiger partial charge in [0, 0.05) is 67.1 Å². The normalized spacial score (nSPS) is 14.6. The predicted molar refractivity (Wildman–Crippen MR) is 148 cm³/mol. The molecule has 0 atom stereocenters. The third-order valence-electron chi connectivity index (χ3n) is 6.66. The molecule has 0 N–H and O–H groups in total. The first-order valence-corrected chi connectivity index (χ1v) is 13.1. The first kappa shape index (κ1) is 24.8. The predicted octanol–water partition coefficient (Wildman–Crippen LogP) is 5.78. The van der Waals surface area contributed by atoms with E-state index in [0.29, 0.717) is 18.8 Å². The Hall–Kier alpha value is -4.53. The van der Waals surface area contributed by atoms with Gasteiger partial charge in [-0.25, -0.2) is 14.3 Å². The van der Waals surface area contributed by atoms with Gasteiger partial charge in [0.15, 0.2) is 5.65 Å². The maximum absolute atomic E-state index is 12.3. The fraction of sp³-hybridized carbons (Fsp3) is 0.300. The zero-order chi connectivity index (χ0) is 27.0. The summed E-state index contributed by atoms with van der Waals surface area (Å²) in [5.74, 6) is 0.703. The van der Waals surface area contributed by atoms with Gasteiger partial charge in [-0.3, -0.25) is 9.97 Å². The molecule has 1 aliphatic heterocycles. The fourth-order valence-corrected chi connectivity index (χ4v) is 4.76. The highest BCUT2D eigenvalue weighted by atomic mass is 16.6. The topological polar surface area (TPSA) is 94.7 Å². The first-order chi connectivity index (χ1) is 18.8. The Balaban J connectivity index is 1.13. The molecule has 1 amide bonds. The number of aromatic nitrogens is 5. The van der Waals surface area contributed by atoms with Crippen molar-refractivity contribution in [2.24, 2.45) is 0 Å². The van der Waals surface area contributed by atoms with Crippen LogP contribution in [0.25, 0.3) is 39.1 Å². The van der Waals surface area contributed by atoms with Crippen LogP contribution in [0.4, 0.5) is 4.79 Å². The summed E-state index contributed by atoms with van der Waals surface area (Å²) in [7, 11) is 0. The summed E-state index contributed by atoms with van der Waals surface area (Å²) in [6, 6.07) is 15.8. The van der Waals surface area contributed by atoms with Crippen molar-refractivity contribution in [3.63, 3.8) is 0 Å². The molecule has 0 bridgehead atoms. The lowest BCUT2D eigenvalue weighted by molar-refractivity contribution is 0.0126. The Morgan fingerprint density at radius 2 is 1.79 bits per heavy atom. The van der Waals surface area contributed by atoms with Crippen molar-refractivity contribution in [1.29, 1.82) is 0 Å². The van der Waals surface area contributed by atoms with Gasteiger partial charge in [-0.15, -0.1) is 0 Å². The third-order valence-corrected chi connectivity index (χ3v) is 6.66. The summed E-state index contributed by atoms with van der Waals surface area (Å²) < 4.78 is 13.4. The van der Waals surface area contributed by atoms with Gasteiger partial charge < -0.3 is 14.4 Å². The van der Waals surface area contributed by atoms with Crippen LogP contribution in [-0.2, 0) is 4.74 Å². The van der Waals surface area contributed by atoms with Gasteiger partial charge in [0.05, 0.1) is 23.1 Å². The number of amides is 1. The molecular weight excluding hydrogens is 492 g/mol. The zero-order valence-electron chi connectivity index (χ0n) is 22.2. The number of nitrogens with zero attached hydrogens (tertiary/aromatic N) is 6. The molecule has 5 aromatic rings. The van der Waals surface area contributed by atoms with Crippen LogP contribution in [0.2, 0.25) is 0 Å². The van der Waals surface area contributed by atoms with E-state index >= 15 is 0 Å². The number of carbonyl (C=O) groups is 1. The minimum absolute atomic E-state index is 0.0288. The monoisotopic (exact) mass is 522 g/mol. The van der Waals surface area contributed by atoms with E-state index in [1.54, 1.807) is 28.0 Å². The Labute approximate surface area is 226 Å².